The molecule has 7 nitrogen and oxygen atoms in total. The summed E-state index contributed by atoms with van der Waals surface area (Å²) >= 11 is 0. The molecule has 1 unspecified atom stereocenters. The van der Waals surface area contributed by atoms with Crippen LogP contribution in [0, 0.1) is 12.3 Å². The zero-order valence-corrected chi connectivity index (χ0v) is 16.5. The van der Waals surface area contributed by atoms with Gasteiger partial charge >= 0.3 is 6.09 Å². The summed E-state index contributed by atoms with van der Waals surface area (Å²) in [4.78, 5) is 27.5. The van der Waals surface area contributed by atoms with Gasteiger partial charge in [-0.2, -0.15) is 0 Å². The predicted molar refractivity (Wildman–Crippen MR) is 112 cm³/mol. The van der Waals surface area contributed by atoms with Crippen molar-refractivity contribution in [1.29, 1.82) is 0 Å². The number of nitrogens with zero attached hydrogens (tertiary/aromatic N) is 2. The molecule has 152 valence electrons. The van der Waals surface area contributed by atoms with E-state index in [1.54, 1.807) is 0 Å². The van der Waals surface area contributed by atoms with E-state index in [1.807, 2.05) is 60.4 Å². The third-order valence-electron chi connectivity index (χ3n) is 5.84. The first-order valence-electron chi connectivity index (χ1n) is 9.78. The monoisotopic (exact) mass is 394 g/mol. The second kappa shape index (κ2) is 7.31. The molecule has 2 heterocycles. The van der Waals surface area contributed by atoms with Gasteiger partial charge in [-0.25, -0.2) is 4.79 Å². The molecular formula is C22H26N4O3. The van der Waals surface area contributed by atoms with E-state index in [1.165, 1.54) is 10.5 Å². The Labute approximate surface area is 170 Å². The second-order valence-electron chi connectivity index (χ2n) is 8.31. The first-order valence-corrected chi connectivity index (χ1v) is 9.78. The molecule has 2 fully saturated rings. The molecule has 2 aromatic rings. The molecule has 4 N–H and O–H groups in total. The molecule has 29 heavy (non-hydrogen) atoms. The van der Waals surface area contributed by atoms with Gasteiger partial charge in [-0.05, 0) is 24.6 Å². The number of hydrogen-bond acceptors (Lipinski definition) is 4. The Bertz CT molecular complexity index is 914. The van der Waals surface area contributed by atoms with Crippen molar-refractivity contribution in [2.75, 3.05) is 37.2 Å². The topological polar surface area (TPSA) is 98.9 Å². The lowest BCUT2D eigenvalue weighted by Gasteiger charge is -2.59. The first-order chi connectivity index (χ1) is 13.8. The van der Waals surface area contributed by atoms with Crippen LogP contribution in [-0.2, 0) is 11.2 Å². The van der Waals surface area contributed by atoms with Crippen molar-refractivity contribution >= 4 is 23.4 Å². The zero-order valence-electron chi connectivity index (χ0n) is 16.5. The van der Waals surface area contributed by atoms with Crippen molar-refractivity contribution in [2.45, 2.75) is 19.4 Å². The van der Waals surface area contributed by atoms with Crippen LogP contribution in [0.1, 0.15) is 11.1 Å². The maximum Gasteiger partial charge on any atom is 0.407 e. The SMILES string of the molecule is Cc1ccc(CC(Nc2ccccc2N)C(=O)N2CC3(CN(C(=O)O)C3)C2)cc1. The van der Waals surface area contributed by atoms with Crippen molar-refractivity contribution in [1.82, 2.24) is 9.80 Å². The van der Waals surface area contributed by atoms with E-state index >= 15 is 0 Å². The molecule has 4 rings (SSSR count). The molecule has 0 aliphatic carbocycles. The highest BCUT2D eigenvalue weighted by Crippen LogP contribution is 2.40. The number of para-hydroxylation sites is 2. The fourth-order valence-corrected chi connectivity index (χ4v) is 4.21. The maximum absolute atomic E-state index is 13.2. The summed E-state index contributed by atoms with van der Waals surface area (Å²) in [5.74, 6) is 0.0215. The Kier molecular flexibility index (Phi) is 4.82. The van der Waals surface area contributed by atoms with E-state index in [0.29, 0.717) is 38.3 Å². The molecule has 2 aromatic carbocycles. The van der Waals surface area contributed by atoms with E-state index in [2.05, 4.69) is 5.32 Å². The minimum Gasteiger partial charge on any atom is -0.465 e. The van der Waals surface area contributed by atoms with Gasteiger partial charge in [0.25, 0.3) is 0 Å². The van der Waals surface area contributed by atoms with Crippen LogP contribution in [-0.4, -0.2) is 59.1 Å². The van der Waals surface area contributed by atoms with E-state index in [-0.39, 0.29) is 11.3 Å². The molecule has 2 amide bonds. The quantitative estimate of drug-likeness (QED) is 0.677. The van der Waals surface area contributed by atoms with Gasteiger partial charge in [0.1, 0.15) is 6.04 Å². The lowest BCUT2D eigenvalue weighted by Crippen LogP contribution is -2.74. The van der Waals surface area contributed by atoms with Crippen molar-refractivity contribution in [3.63, 3.8) is 0 Å². The zero-order chi connectivity index (χ0) is 20.6. The molecule has 0 aromatic heterocycles. The summed E-state index contributed by atoms with van der Waals surface area (Å²) in [6.07, 6.45) is -0.336. The van der Waals surface area contributed by atoms with E-state index in [9.17, 15) is 9.59 Å². The number of aryl methyl sites for hydroxylation is 1. The minimum atomic E-state index is -0.890. The fourth-order valence-electron chi connectivity index (χ4n) is 4.21. The number of carboxylic acid groups (broad SMARTS) is 1. The number of nitrogen functional groups attached to an aromatic ring is 1. The number of nitrogens with one attached hydrogen (secondary N) is 1. The maximum atomic E-state index is 13.2. The van der Waals surface area contributed by atoms with Gasteiger partial charge in [-0.1, -0.05) is 42.0 Å². The van der Waals surface area contributed by atoms with Crippen LogP contribution in [0.4, 0.5) is 16.2 Å². The van der Waals surface area contributed by atoms with Crippen molar-refractivity contribution < 1.29 is 14.7 Å². The van der Waals surface area contributed by atoms with Crippen LogP contribution in [0.25, 0.3) is 0 Å². The van der Waals surface area contributed by atoms with Crippen LogP contribution >= 0.6 is 0 Å². The Hall–Kier alpha value is -3.22. The molecule has 2 saturated heterocycles. The summed E-state index contributed by atoms with van der Waals surface area (Å²) in [6, 6.07) is 15.2. The van der Waals surface area contributed by atoms with Crippen LogP contribution in [0.2, 0.25) is 0 Å². The molecular weight excluding hydrogens is 368 g/mol. The number of hydrogen-bond donors (Lipinski definition) is 3. The van der Waals surface area contributed by atoms with Crippen LogP contribution < -0.4 is 11.1 Å². The Morgan fingerprint density at radius 3 is 2.31 bits per heavy atom. The molecule has 0 bridgehead atoms. The molecule has 1 atom stereocenters. The highest BCUT2D eigenvalue weighted by Gasteiger charge is 2.55. The number of amides is 2. The Morgan fingerprint density at radius 1 is 1.07 bits per heavy atom. The van der Waals surface area contributed by atoms with Crippen molar-refractivity contribution in [3.8, 4) is 0 Å². The van der Waals surface area contributed by atoms with Gasteiger partial charge in [-0.15, -0.1) is 0 Å². The lowest BCUT2D eigenvalue weighted by atomic mass is 9.72. The number of carbonyl (C=O) groups is 2. The fraction of sp³-hybridized carbons (Fsp3) is 0.364. The molecule has 1 spiro atoms. The van der Waals surface area contributed by atoms with Crippen LogP contribution in [0.15, 0.2) is 48.5 Å². The summed E-state index contributed by atoms with van der Waals surface area (Å²) in [5, 5.41) is 12.4. The average Bonchev–Trinajstić information content (AvgIpc) is 2.62. The molecule has 0 saturated carbocycles. The second-order valence-corrected chi connectivity index (χ2v) is 8.31. The minimum absolute atomic E-state index is 0.0215. The normalized spacial score (nSPS) is 18.0. The standard InChI is InChI=1S/C22H26N4O3/c1-15-6-8-16(9-7-15)10-19(24-18-5-3-2-4-17(18)23)20(27)25-11-22(12-25)13-26(14-22)21(28)29/h2-9,19,24H,10-14,23H2,1H3,(H,28,29). The first kappa shape index (κ1) is 19.1. The highest BCUT2D eigenvalue weighted by atomic mass is 16.4. The number of nitrogens with two attached hydrogens (primary N) is 1. The largest absolute Gasteiger partial charge is 0.465 e. The van der Waals surface area contributed by atoms with Gasteiger partial charge < -0.3 is 26.0 Å². The van der Waals surface area contributed by atoms with Gasteiger partial charge in [0.15, 0.2) is 0 Å². The third-order valence-corrected chi connectivity index (χ3v) is 5.84. The smallest absolute Gasteiger partial charge is 0.407 e. The summed E-state index contributed by atoms with van der Waals surface area (Å²) in [6.45, 7) is 4.26. The summed E-state index contributed by atoms with van der Waals surface area (Å²) in [5.41, 5.74) is 9.61. The van der Waals surface area contributed by atoms with Gasteiger partial charge in [0.2, 0.25) is 5.91 Å². The van der Waals surface area contributed by atoms with Gasteiger partial charge in [0.05, 0.1) is 11.4 Å². The number of likely N-dealkylation sites (tertiary alicyclic amines) is 2. The van der Waals surface area contributed by atoms with Crippen LogP contribution in [0.5, 0.6) is 0 Å². The number of carbonyl (C=O) groups excluding carboxylic acids is 1. The Balaban J connectivity index is 1.46. The van der Waals surface area contributed by atoms with Crippen molar-refractivity contribution in [3.05, 3.63) is 59.7 Å². The molecule has 2 aliphatic heterocycles. The average molecular weight is 394 g/mol. The third kappa shape index (κ3) is 3.85. The van der Waals surface area contributed by atoms with Crippen LogP contribution in [0.3, 0.4) is 0 Å². The summed E-state index contributed by atoms with van der Waals surface area (Å²) < 4.78 is 0. The molecule has 7 heteroatoms. The Morgan fingerprint density at radius 2 is 1.69 bits per heavy atom. The van der Waals surface area contributed by atoms with E-state index in [0.717, 1.165) is 11.3 Å². The van der Waals surface area contributed by atoms with E-state index < -0.39 is 12.1 Å². The van der Waals surface area contributed by atoms with Gasteiger partial charge in [-0.3, -0.25) is 4.79 Å². The molecule has 0 radical (unpaired) electrons. The lowest BCUT2D eigenvalue weighted by molar-refractivity contribution is -0.156. The predicted octanol–water partition coefficient (Wildman–Crippen LogP) is 2.42. The van der Waals surface area contributed by atoms with E-state index in [4.69, 9.17) is 10.8 Å². The molecule has 2 aliphatic rings. The number of anilines is 2. The summed E-state index contributed by atoms with van der Waals surface area (Å²) in [7, 11) is 0. The highest BCUT2D eigenvalue weighted by molar-refractivity contribution is 5.87. The number of benzene rings is 2. The van der Waals surface area contributed by atoms with Gasteiger partial charge in [0, 0.05) is 38.0 Å². The number of rotatable bonds is 5. The van der Waals surface area contributed by atoms with Crippen molar-refractivity contribution in [2.24, 2.45) is 5.41 Å².